The van der Waals surface area contributed by atoms with Crippen molar-refractivity contribution < 1.29 is 19.4 Å². The number of aliphatic hydroxyl groups is 1. The van der Waals surface area contributed by atoms with E-state index < -0.39 is 5.60 Å². The molecule has 5 nitrogen and oxygen atoms in total. The van der Waals surface area contributed by atoms with Gasteiger partial charge in [0.15, 0.2) is 0 Å². The Morgan fingerprint density at radius 1 is 1.40 bits per heavy atom. The Hall–Kier alpha value is -0.650. The number of hydrogen-bond donors (Lipinski definition) is 2. The standard InChI is InChI=1S/C15H29NO4/c1-4-13(10-19-3)16-11-15(18)8-6-12(7-9-15)14(17)20-5-2/h12-13,16,18H,4-11H2,1-3H3. The lowest BCUT2D eigenvalue weighted by Gasteiger charge is -2.36. The van der Waals surface area contributed by atoms with Crippen LogP contribution in [-0.4, -0.2) is 49.6 Å². The summed E-state index contributed by atoms with van der Waals surface area (Å²) in [6.45, 7) is 5.55. The topological polar surface area (TPSA) is 67.8 Å². The Kier molecular flexibility index (Phi) is 7.48. The van der Waals surface area contributed by atoms with Gasteiger partial charge in [-0.25, -0.2) is 0 Å². The molecule has 0 heterocycles. The van der Waals surface area contributed by atoms with Crippen molar-refractivity contribution >= 4 is 5.97 Å². The van der Waals surface area contributed by atoms with Crippen LogP contribution in [0.2, 0.25) is 0 Å². The molecule has 118 valence electrons. The average molecular weight is 287 g/mol. The first-order chi connectivity index (χ1) is 9.54. The predicted molar refractivity (Wildman–Crippen MR) is 77.5 cm³/mol. The van der Waals surface area contributed by atoms with Gasteiger partial charge in [0.1, 0.15) is 0 Å². The van der Waals surface area contributed by atoms with Gasteiger partial charge in [0, 0.05) is 19.7 Å². The van der Waals surface area contributed by atoms with E-state index in [9.17, 15) is 9.90 Å². The van der Waals surface area contributed by atoms with Gasteiger partial charge in [0.05, 0.1) is 24.7 Å². The van der Waals surface area contributed by atoms with E-state index in [0.29, 0.717) is 45.4 Å². The molecule has 1 atom stereocenters. The highest BCUT2D eigenvalue weighted by Crippen LogP contribution is 2.32. The molecule has 0 spiro atoms. The third kappa shape index (κ3) is 5.38. The summed E-state index contributed by atoms with van der Waals surface area (Å²) in [6.07, 6.45) is 3.67. The normalized spacial score (nSPS) is 28.1. The first-order valence-corrected chi connectivity index (χ1v) is 7.66. The molecule has 2 N–H and O–H groups in total. The second-order valence-electron chi connectivity index (χ2n) is 5.69. The summed E-state index contributed by atoms with van der Waals surface area (Å²) in [4.78, 5) is 11.7. The van der Waals surface area contributed by atoms with Crippen LogP contribution in [0.3, 0.4) is 0 Å². The van der Waals surface area contributed by atoms with Gasteiger partial charge in [-0.3, -0.25) is 4.79 Å². The van der Waals surface area contributed by atoms with E-state index in [4.69, 9.17) is 9.47 Å². The average Bonchev–Trinajstić information content (AvgIpc) is 2.44. The van der Waals surface area contributed by atoms with Crippen LogP contribution in [0.15, 0.2) is 0 Å². The minimum Gasteiger partial charge on any atom is -0.466 e. The first kappa shape index (κ1) is 17.4. The maximum Gasteiger partial charge on any atom is 0.308 e. The molecule has 0 bridgehead atoms. The fraction of sp³-hybridized carbons (Fsp3) is 0.933. The molecule has 1 fully saturated rings. The summed E-state index contributed by atoms with van der Waals surface area (Å²) in [5.74, 6) is -0.163. The molecule has 0 aliphatic heterocycles. The SMILES string of the molecule is CCOC(=O)C1CCC(O)(CNC(CC)COC)CC1. The minimum absolute atomic E-state index is 0.0452. The van der Waals surface area contributed by atoms with Crippen LogP contribution < -0.4 is 5.32 Å². The van der Waals surface area contributed by atoms with E-state index in [-0.39, 0.29) is 17.9 Å². The second kappa shape index (κ2) is 8.60. The van der Waals surface area contributed by atoms with Gasteiger partial charge in [-0.2, -0.15) is 0 Å². The van der Waals surface area contributed by atoms with Gasteiger partial charge in [0.2, 0.25) is 0 Å². The van der Waals surface area contributed by atoms with E-state index in [1.165, 1.54) is 0 Å². The number of esters is 1. The van der Waals surface area contributed by atoms with Gasteiger partial charge >= 0.3 is 5.97 Å². The summed E-state index contributed by atoms with van der Waals surface area (Å²) >= 11 is 0. The van der Waals surface area contributed by atoms with E-state index in [0.717, 1.165) is 6.42 Å². The first-order valence-electron chi connectivity index (χ1n) is 7.66. The Balaban J connectivity index is 2.36. The van der Waals surface area contributed by atoms with Crippen molar-refractivity contribution in [3.63, 3.8) is 0 Å². The molecule has 5 heteroatoms. The van der Waals surface area contributed by atoms with Crippen LogP contribution >= 0.6 is 0 Å². The Morgan fingerprint density at radius 3 is 2.55 bits per heavy atom. The van der Waals surface area contributed by atoms with E-state index in [1.54, 1.807) is 7.11 Å². The van der Waals surface area contributed by atoms with E-state index >= 15 is 0 Å². The van der Waals surface area contributed by atoms with Crippen molar-refractivity contribution in [1.29, 1.82) is 0 Å². The Bertz CT molecular complexity index is 288. The summed E-state index contributed by atoms with van der Waals surface area (Å²) in [7, 11) is 1.68. The van der Waals surface area contributed by atoms with Crippen LogP contribution in [0.5, 0.6) is 0 Å². The summed E-state index contributed by atoms with van der Waals surface area (Å²) in [6, 6.07) is 0.270. The monoisotopic (exact) mass is 287 g/mol. The zero-order chi connectivity index (χ0) is 15.0. The lowest BCUT2D eigenvalue weighted by molar-refractivity contribution is -0.151. The molecule has 0 aromatic heterocycles. The maximum atomic E-state index is 11.7. The fourth-order valence-electron chi connectivity index (χ4n) is 2.68. The molecule has 1 aliphatic rings. The number of ether oxygens (including phenoxy) is 2. The maximum absolute atomic E-state index is 11.7. The molecule has 1 aliphatic carbocycles. The van der Waals surface area contributed by atoms with E-state index in [2.05, 4.69) is 12.2 Å². The van der Waals surface area contributed by atoms with Gasteiger partial charge in [0.25, 0.3) is 0 Å². The van der Waals surface area contributed by atoms with Gasteiger partial charge in [-0.05, 0) is 39.0 Å². The predicted octanol–water partition coefficient (Wildman–Crippen LogP) is 1.49. The summed E-state index contributed by atoms with van der Waals surface area (Å²) in [5, 5.41) is 13.9. The highest BCUT2D eigenvalue weighted by atomic mass is 16.5. The highest BCUT2D eigenvalue weighted by molar-refractivity contribution is 5.72. The number of nitrogens with one attached hydrogen (secondary N) is 1. The molecule has 1 rings (SSSR count). The number of rotatable bonds is 8. The summed E-state index contributed by atoms with van der Waals surface area (Å²) in [5.41, 5.74) is -0.704. The zero-order valence-electron chi connectivity index (χ0n) is 13.0. The number of methoxy groups -OCH3 is 1. The molecule has 0 saturated heterocycles. The molecule has 0 aromatic carbocycles. The van der Waals surface area contributed by atoms with Gasteiger partial charge in [-0.1, -0.05) is 6.92 Å². The Morgan fingerprint density at radius 2 is 2.05 bits per heavy atom. The van der Waals surface area contributed by atoms with Crippen molar-refractivity contribution in [3.05, 3.63) is 0 Å². The van der Waals surface area contributed by atoms with E-state index in [1.807, 2.05) is 6.92 Å². The lowest BCUT2D eigenvalue weighted by Crippen LogP contribution is -2.48. The third-order valence-corrected chi connectivity index (χ3v) is 4.12. The number of carbonyl (C=O) groups excluding carboxylic acids is 1. The van der Waals surface area contributed by atoms with Crippen LogP contribution in [0.1, 0.15) is 46.0 Å². The number of hydrogen-bond acceptors (Lipinski definition) is 5. The van der Waals surface area contributed by atoms with Crippen LogP contribution in [0.4, 0.5) is 0 Å². The Labute approximate surface area is 122 Å². The molecule has 0 radical (unpaired) electrons. The summed E-state index contributed by atoms with van der Waals surface area (Å²) < 4.78 is 10.2. The third-order valence-electron chi connectivity index (χ3n) is 4.12. The quantitative estimate of drug-likeness (QED) is 0.662. The molecule has 1 unspecified atom stereocenters. The zero-order valence-corrected chi connectivity index (χ0v) is 13.0. The molecule has 20 heavy (non-hydrogen) atoms. The van der Waals surface area contributed by atoms with Crippen LogP contribution in [0, 0.1) is 5.92 Å². The smallest absolute Gasteiger partial charge is 0.308 e. The van der Waals surface area contributed by atoms with Crippen LogP contribution in [0.25, 0.3) is 0 Å². The second-order valence-corrected chi connectivity index (χ2v) is 5.69. The minimum atomic E-state index is -0.704. The fourth-order valence-corrected chi connectivity index (χ4v) is 2.68. The highest BCUT2D eigenvalue weighted by Gasteiger charge is 2.36. The van der Waals surface area contributed by atoms with Crippen molar-refractivity contribution in [3.8, 4) is 0 Å². The van der Waals surface area contributed by atoms with Crippen molar-refractivity contribution in [1.82, 2.24) is 5.32 Å². The molecule has 0 aromatic rings. The molecular formula is C15H29NO4. The number of carbonyl (C=O) groups is 1. The van der Waals surface area contributed by atoms with Crippen LogP contribution in [-0.2, 0) is 14.3 Å². The molecule has 0 amide bonds. The van der Waals surface area contributed by atoms with Crippen molar-refractivity contribution in [2.24, 2.45) is 5.92 Å². The van der Waals surface area contributed by atoms with Crippen molar-refractivity contribution in [2.75, 3.05) is 26.9 Å². The molecular weight excluding hydrogens is 258 g/mol. The van der Waals surface area contributed by atoms with Gasteiger partial charge in [-0.15, -0.1) is 0 Å². The van der Waals surface area contributed by atoms with Gasteiger partial charge < -0.3 is 19.9 Å². The molecule has 1 saturated carbocycles. The lowest BCUT2D eigenvalue weighted by atomic mass is 9.78. The largest absolute Gasteiger partial charge is 0.466 e. The van der Waals surface area contributed by atoms with Crippen molar-refractivity contribution in [2.45, 2.75) is 57.6 Å².